The Labute approximate surface area is 244 Å². The summed E-state index contributed by atoms with van der Waals surface area (Å²) in [5, 5.41) is 0.726. The lowest BCUT2D eigenvalue weighted by molar-refractivity contribution is -0.163. The van der Waals surface area contributed by atoms with Crippen LogP contribution in [0.1, 0.15) is 13.3 Å². The van der Waals surface area contributed by atoms with E-state index in [4.69, 9.17) is 23.4 Å². The van der Waals surface area contributed by atoms with E-state index in [0.717, 1.165) is 39.5 Å². The Morgan fingerprint density at radius 1 is 0.744 bits per heavy atom. The molecule has 4 amide bonds. The highest BCUT2D eigenvalue weighted by Gasteiger charge is 2.35. The van der Waals surface area contributed by atoms with Gasteiger partial charge in [0.05, 0.1) is 18.6 Å². The van der Waals surface area contributed by atoms with Gasteiger partial charge in [0.2, 0.25) is 0 Å². The van der Waals surface area contributed by atoms with Gasteiger partial charge in [0.25, 0.3) is 23.6 Å². The Morgan fingerprint density at radius 2 is 1.28 bits per heavy atom. The molecule has 0 N–H and O–H groups in total. The average molecular weight is 597 g/mol. The van der Waals surface area contributed by atoms with Crippen LogP contribution in [0, 0.1) is 5.41 Å². The summed E-state index contributed by atoms with van der Waals surface area (Å²) in [6.45, 7) is 0.0606. The number of hydrogen-bond acceptors (Lipinski definition) is 12. The number of nitrogens with zero attached hydrogens (tertiary/aromatic N) is 2. The molecule has 1 aromatic heterocycles. The van der Waals surface area contributed by atoms with Crippen LogP contribution in [-0.4, -0.2) is 91.5 Å². The Hall–Kier alpha value is -5.11. The number of amides is 4. The Balaban J connectivity index is 1.33. The molecule has 226 valence electrons. The summed E-state index contributed by atoms with van der Waals surface area (Å²) in [6.07, 6.45) is 4.46. The quantitative estimate of drug-likeness (QED) is 0.121. The van der Waals surface area contributed by atoms with Gasteiger partial charge in [0.15, 0.2) is 0 Å². The third-order valence-corrected chi connectivity index (χ3v) is 6.70. The first-order valence-corrected chi connectivity index (χ1v) is 13.2. The SMILES string of the molecule is CCC(COCCOc1ccc2ccc(=O)oc2c1)(COC(=O)CN1C(=O)C=CC1=O)COC(=O)CN1C(=O)C=CC1=O. The predicted octanol–water partition coefficient (Wildman–Crippen LogP) is 0.521. The van der Waals surface area contributed by atoms with Crippen LogP contribution in [0.15, 0.2) is 63.8 Å². The van der Waals surface area contributed by atoms with E-state index >= 15 is 0 Å². The minimum absolute atomic E-state index is 0.0632. The van der Waals surface area contributed by atoms with Crippen molar-refractivity contribution >= 4 is 46.5 Å². The Bertz CT molecular complexity index is 1460. The Morgan fingerprint density at radius 3 is 1.81 bits per heavy atom. The summed E-state index contributed by atoms with van der Waals surface area (Å²) < 4.78 is 27.3. The van der Waals surface area contributed by atoms with Gasteiger partial charge < -0.3 is 23.4 Å². The summed E-state index contributed by atoms with van der Waals surface area (Å²) in [5.74, 6) is -3.86. The minimum atomic E-state index is -1.06. The average Bonchev–Trinajstić information content (AvgIpc) is 3.48. The van der Waals surface area contributed by atoms with Crippen LogP contribution < -0.4 is 10.4 Å². The van der Waals surface area contributed by atoms with Gasteiger partial charge in [-0.1, -0.05) is 6.92 Å². The number of benzene rings is 1. The van der Waals surface area contributed by atoms with Crippen LogP contribution >= 0.6 is 0 Å². The fourth-order valence-corrected chi connectivity index (χ4v) is 4.06. The summed E-state index contributed by atoms with van der Waals surface area (Å²) >= 11 is 0. The smallest absolute Gasteiger partial charge is 0.336 e. The van der Waals surface area contributed by atoms with E-state index in [1.807, 2.05) is 0 Å². The monoisotopic (exact) mass is 596 g/mol. The summed E-state index contributed by atoms with van der Waals surface area (Å²) in [4.78, 5) is 84.9. The zero-order valence-corrected chi connectivity index (χ0v) is 23.1. The fraction of sp³-hybridized carbons (Fsp3) is 0.345. The highest BCUT2D eigenvalue weighted by molar-refractivity contribution is 6.14. The third kappa shape index (κ3) is 8.01. The largest absolute Gasteiger partial charge is 0.491 e. The van der Waals surface area contributed by atoms with E-state index in [1.165, 1.54) is 6.07 Å². The van der Waals surface area contributed by atoms with Gasteiger partial charge in [-0.15, -0.1) is 0 Å². The summed E-state index contributed by atoms with van der Waals surface area (Å²) in [5.41, 5.74) is -1.19. The highest BCUT2D eigenvalue weighted by Crippen LogP contribution is 2.25. The number of rotatable bonds is 15. The normalized spacial score (nSPS) is 14.7. The number of fused-ring (bicyclic) bond motifs is 1. The van der Waals surface area contributed by atoms with Crippen molar-refractivity contribution in [2.75, 3.05) is 46.1 Å². The second-order valence-corrected chi connectivity index (χ2v) is 9.72. The van der Waals surface area contributed by atoms with E-state index in [9.17, 15) is 33.6 Å². The lowest BCUT2D eigenvalue weighted by Crippen LogP contribution is -2.42. The molecule has 0 unspecified atom stereocenters. The first-order chi connectivity index (χ1) is 20.6. The van der Waals surface area contributed by atoms with Crippen molar-refractivity contribution in [1.82, 2.24) is 9.80 Å². The fourth-order valence-electron chi connectivity index (χ4n) is 4.06. The van der Waals surface area contributed by atoms with Gasteiger partial charge in [0, 0.05) is 41.8 Å². The topological polar surface area (TPSA) is 176 Å². The molecule has 0 saturated carbocycles. The third-order valence-electron chi connectivity index (χ3n) is 6.70. The molecule has 4 rings (SSSR count). The van der Waals surface area contributed by atoms with E-state index in [1.54, 1.807) is 31.2 Å². The van der Waals surface area contributed by atoms with Gasteiger partial charge >= 0.3 is 17.6 Å². The lowest BCUT2D eigenvalue weighted by Gasteiger charge is -2.31. The molecule has 1 aromatic carbocycles. The minimum Gasteiger partial charge on any atom is -0.491 e. The standard InChI is InChI=1S/C29H28N2O12/c1-2-29(17-41-27(37)14-30-22(32)6-7-23(30)33,18-42-28(38)15-31-24(34)8-9-25(31)35)16-39-11-12-40-20-5-3-19-4-10-26(36)43-21(19)13-20/h3-10,13H,2,11-12,14-18H2,1H3. The maximum absolute atomic E-state index is 12.5. The van der Waals surface area contributed by atoms with E-state index in [2.05, 4.69) is 0 Å². The van der Waals surface area contributed by atoms with Crippen molar-refractivity contribution < 1.29 is 52.1 Å². The number of esters is 2. The molecular weight excluding hydrogens is 568 g/mol. The van der Waals surface area contributed by atoms with Crippen LogP contribution in [0.25, 0.3) is 11.0 Å². The van der Waals surface area contributed by atoms with Gasteiger partial charge in [0.1, 0.15) is 44.2 Å². The molecule has 3 heterocycles. The second kappa shape index (κ2) is 13.7. The molecule has 0 radical (unpaired) electrons. The number of imide groups is 2. The molecule has 2 aliphatic rings. The van der Waals surface area contributed by atoms with Crippen molar-refractivity contribution in [3.8, 4) is 5.75 Å². The molecule has 0 fully saturated rings. The van der Waals surface area contributed by atoms with E-state index in [0.29, 0.717) is 17.8 Å². The first-order valence-electron chi connectivity index (χ1n) is 13.2. The van der Waals surface area contributed by atoms with E-state index in [-0.39, 0.29) is 33.0 Å². The van der Waals surface area contributed by atoms with Crippen LogP contribution in [0.4, 0.5) is 0 Å². The molecule has 2 aromatic rings. The van der Waals surface area contributed by atoms with Crippen molar-refractivity contribution in [1.29, 1.82) is 0 Å². The van der Waals surface area contributed by atoms with Crippen LogP contribution in [0.3, 0.4) is 0 Å². The lowest BCUT2D eigenvalue weighted by atomic mass is 9.88. The molecule has 0 atom stereocenters. The van der Waals surface area contributed by atoms with Gasteiger partial charge in [-0.05, 0) is 24.6 Å². The number of ether oxygens (including phenoxy) is 4. The molecule has 2 aliphatic heterocycles. The molecule has 0 saturated heterocycles. The van der Waals surface area contributed by atoms with Gasteiger partial charge in [-0.3, -0.25) is 38.6 Å². The number of carbonyl (C=O) groups excluding carboxylic acids is 6. The summed E-state index contributed by atoms with van der Waals surface area (Å²) in [6, 6.07) is 7.96. The van der Waals surface area contributed by atoms with E-state index < -0.39 is 59.7 Å². The highest BCUT2D eigenvalue weighted by atomic mass is 16.6. The van der Waals surface area contributed by atoms with Crippen LogP contribution in [-0.2, 0) is 43.0 Å². The molecule has 43 heavy (non-hydrogen) atoms. The number of hydrogen-bond donors (Lipinski definition) is 0. The van der Waals surface area contributed by atoms with Gasteiger partial charge in [-0.25, -0.2) is 4.79 Å². The number of carbonyl (C=O) groups is 6. The van der Waals surface area contributed by atoms with Crippen molar-refractivity contribution in [2.45, 2.75) is 13.3 Å². The maximum atomic E-state index is 12.5. The molecule has 14 nitrogen and oxygen atoms in total. The van der Waals surface area contributed by atoms with Crippen LogP contribution in [0.5, 0.6) is 5.75 Å². The maximum Gasteiger partial charge on any atom is 0.336 e. The molecule has 0 bridgehead atoms. The predicted molar refractivity (Wildman–Crippen MR) is 145 cm³/mol. The van der Waals surface area contributed by atoms with Crippen molar-refractivity contribution in [2.24, 2.45) is 5.41 Å². The summed E-state index contributed by atoms with van der Waals surface area (Å²) in [7, 11) is 0. The van der Waals surface area contributed by atoms with Gasteiger partial charge in [-0.2, -0.15) is 0 Å². The first kappa shape index (κ1) is 30.8. The van der Waals surface area contributed by atoms with Crippen molar-refractivity contribution in [3.63, 3.8) is 0 Å². The Kier molecular flexibility index (Phi) is 9.83. The molecule has 0 spiro atoms. The second-order valence-electron chi connectivity index (χ2n) is 9.72. The zero-order chi connectivity index (χ0) is 31.0. The molecule has 0 aliphatic carbocycles. The zero-order valence-electron chi connectivity index (χ0n) is 23.1. The van der Waals surface area contributed by atoms with Crippen molar-refractivity contribution in [3.05, 3.63) is 65.1 Å². The molecular formula is C29H28N2O12. The van der Waals surface area contributed by atoms with Crippen LogP contribution in [0.2, 0.25) is 0 Å². The molecule has 14 heteroatoms.